The fourth-order valence-electron chi connectivity index (χ4n) is 3.12. The summed E-state index contributed by atoms with van der Waals surface area (Å²) < 4.78 is 7.23. The summed E-state index contributed by atoms with van der Waals surface area (Å²) in [6.45, 7) is 4.25. The molecule has 3 aromatic rings. The number of rotatable bonds is 8. The predicted molar refractivity (Wildman–Crippen MR) is 121 cm³/mol. The van der Waals surface area contributed by atoms with Crippen LogP contribution >= 0.6 is 23.1 Å². The molecule has 30 heavy (non-hydrogen) atoms. The van der Waals surface area contributed by atoms with Crippen molar-refractivity contribution in [2.75, 3.05) is 38.1 Å². The topological polar surface area (TPSA) is 58.6 Å². The maximum Gasteiger partial charge on any atom is 0.233 e. The van der Waals surface area contributed by atoms with Gasteiger partial charge in [0.1, 0.15) is 12.9 Å². The van der Waals surface area contributed by atoms with Gasteiger partial charge in [0.05, 0.1) is 15.3 Å². The zero-order valence-corrected chi connectivity index (χ0v) is 18.5. The molecular formula is C22H24N4O2S2. The van der Waals surface area contributed by atoms with Gasteiger partial charge < -0.3 is 19.3 Å². The lowest BCUT2D eigenvalue weighted by Gasteiger charge is -2.32. The second kappa shape index (κ2) is 10.1. The van der Waals surface area contributed by atoms with Crippen LogP contribution in [0.2, 0.25) is 0 Å². The highest BCUT2D eigenvalue weighted by atomic mass is 32.2. The highest BCUT2D eigenvalue weighted by Crippen LogP contribution is 2.38. The number of likely N-dealkylation sites (N-methyl/N-ethyl adjacent to an activating group) is 1. The molecule has 156 valence electrons. The third-order valence-corrected chi connectivity index (χ3v) is 7.09. The fraction of sp³-hybridized carbons (Fsp3) is 0.318. The molecular weight excluding hydrogens is 416 g/mol. The van der Waals surface area contributed by atoms with E-state index in [1.807, 2.05) is 48.7 Å². The Morgan fingerprint density at radius 2 is 1.93 bits per heavy atom. The van der Waals surface area contributed by atoms with E-state index in [0.717, 1.165) is 52.0 Å². The number of carbonyl (C=O) groups excluding carboxylic acids is 1. The fourth-order valence-corrected chi connectivity index (χ4v) is 5.21. The lowest BCUT2D eigenvalue weighted by atomic mass is 10.2. The number of aromatic nitrogens is 2. The van der Waals surface area contributed by atoms with Gasteiger partial charge in [0.25, 0.3) is 0 Å². The minimum atomic E-state index is 0.446. The smallest absolute Gasteiger partial charge is 0.233 e. The Kier molecular flexibility index (Phi) is 6.99. The van der Waals surface area contributed by atoms with E-state index < -0.39 is 0 Å². The average molecular weight is 441 g/mol. The molecule has 0 radical (unpaired) electrons. The van der Waals surface area contributed by atoms with Crippen molar-refractivity contribution in [3.05, 3.63) is 59.1 Å². The van der Waals surface area contributed by atoms with E-state index in [9.17, 15) is 4.79 Å². The zero-order valence-electron chi connectivity index (χ0n) is 16.9. The summed E-state index contributed by atoms with van der Waals surface area (Å²) in [5.74, 6) is 1.31. The van der Waals surface area contributed by atoms with Crippen LogP contribution in [-0.4, -0.2) is 54.4 Å². The molecule has 3 heterocycles. The second-order valence-corrected chi connectivity index (χ2v) is 9.61. The SMILES string of the molecule is CN1CCN(c2ncc(Sc3ccc(CC=O)s3)c(OCc3ccccc3)n2)CC1. The number of piperazine rings is 1. The van der Waals surface area contributed by atoms with Gasteiger partial charge in [-0.15, -0.1) is 11.3 Å². The van der Waals surface area contributed by atoms with Crippen molar-refractivity contribution in [1.29, 1.82) is 0 Å². The summed E-state index contributed by atoms with van der Waals surface area (Å²) in [5, 5.41) is 0. The van der Waals surface area contributed by atoms with Gasteiger partial charge >= 0.3 is 0 Å². The van der Waals surface area contributed by atoms with Gasteiger partial charge in [0.15, 0.2) is 0 Å². The van der Waals surface area contributed by atoms with E-state index in [1.54, 1.807) is 23.1 Å². The Morgan fingerprint density at radius 3 is 2.70 bits per heavy atom. The average Bonchev–Trinajstić information content (AvgIpc) is 3.21. The van der Waals surface area contributed by atoms with Crippen LogP contribution in [0.1, 0.15) is 10.4 Å². The monoisotopic (exact) mass is 440 g/mol. The quantitative estimate of drug-likeness (QED) is 0.494. The van der Waals surface area contributed by atoms with Crippen molar-refractivity contribution >= 4 is 35.3 Å². The van der Waals surface area contributed by atoms with Crippen LogP contribution in [0.15, 0.2) is 57.8 Å². The molecule has 1 saturated heterocycles. The second-order valence-electron chi connectivity index (χ2n) is 7.10. The number of nitrogens with zero attached hydrogens (tertiary/aromatic N) is 4. The molecule has 0 spiro atoms. The van der Waals surface area contributed by atoms with Gasteiger partial charge in [-0.05, 0) is 24.7 Å². The van der Waals surface area contributed by atoms with Crippen LogP contribution in [0.5, 0.6) is 5.88 Å². The number of aldehydes is 1. The van der Waals surface area contributed by atoms with E-state index in [1.165, 1.54) is 0 Å². The molecule has 0 N–H and O–H groups in total. The molecule has 8 heteroatoms. The largest absolute Gasteiger partial charge is 0.472 e. The summed E-state index contributed by atoms with van der Waals surface area (Å²) in [7, 11) is 2.13. The van der Waals surface area contributed by atoms with E-state index in [2.05, 4.69) is 21.8 Å². The zero-order chi connectivity index (χ0) is 20.8. The Hall–Kier alpha value is -2.42. The van der Waals surface area contributed by atoms with Gasteiger partial charge in [0.2, 0.25) is 11.8 Å². The number of thiophene rings is 1. The third kappa shape index (κ3) is 5.38. The molecule has 0 bridgehead atoms. The summed E-state index contributed by atoms with van der Waals surface area (Å²) >= 11 is 3.19. The Morgan fingerprint density at radius 1 is 1.13 bits per heavy atom. The van der Waals surface area contributed by atoms with Gasteiger partial charge in [-0.2, -0.15) is 4.98 Å². The molecule has 1 aliphatic heterocycles. The van der Waals surface area contributed by atoms with Gasteiger partial charge in [-0.3, -0.25) is 0 Å². The molecule has 1 fully saturated rings. The van der Waals surface area contributed by atoms with Crippen molar-refractivity contribution < 1.29 is 9.53 Å². The molecule has 2 aromatic heterocycles. The molecule has 0 aliphatic carbocycles. The number of carbonyl (C=O) groups is 1. The molecule has 0 amide bonds. The highest BCUT2D eigenvalue weighted by molar-refractivity contribution is 8.01. The molecule has 0 atom stereocenters. The number of hydrogen-bond donors (Lipinski definition) is 0. The lowest BCUT2D eigenvalue weighted by Crippen LogP contribution is -2.45. The summed E-state index contributed by atoms with van der Waals surface area (Å²) in [6.07, 6.45) is 3.23. The minimum absolute atomic E-state index is 0.446. The van der Waals surface area contributed by atoms with E-state index in [-0.39, 0.29) is 0 Å². The van der Waals surface area contributed by atoms with Crippen molar-refractivity contribution in [3.63, 3.8) is 0 Å². The van der Waals surface area contributed by atoms with Gasteiger partial charge in [-0.25, -0.2) is 4.98 Å². The van der Waals surface area contributed by atoms with Crippen LogP contribution in [-0.2, 0) is 17.8 Å². The molecule has 1 aromatic carbocycles. The van der Waals surface area contributed by atoms with E-state index >= 15 is 0 Å². The maximum absolute atomic E-state index is 10.8. The van der Waals surface area contributed by atoms with Crippen LogP contribution < -0.4 is 9.64 Å². The number of ether oxygens (including phenoxy) is 1. The number of benzene rings is 1. The maximum atomic E-state index is 10.8. The van der Waals surface area contributed by atoms with Gasteiger partial charge in [0, 0.05) is 37.5 Å². The Balaban J connectivity index is 1.55. The first kappa shape index (κ1) is 20.8. The van der Waals surface area contributed by atoms with Crippen LogP contribution in [0.3, 0.4) is 0 Å². The minimum Gasteiger partial charge on any atom is -0.472 e. The molecule has 0 unspecified atom stereocenters. The van der Waals surface area contributed by atoms with Crippen LogP contribution in [0, 0.1) is 0 Å². The highest BCUT2D eigenvalue weighted by Gasteiger charge is 2.19. The normalized spacial score (nSPS) is 14.6. The number of hydrogen-bond acceptors (Lipinski definition) is 8. The van der Waals surface area contributed by atoms with E-state index in [4.69, 9.17) is 9.72 Å². The summed E-state index contributed by atoms with van der Waals surface area (Å²) in [5.41, 5.74) is 1.10. The first-order valence-corrected chi connectivity index (χ1v) is 11.5. The third-order valence-electron chi connectivity index (χ3n) is 4.85. The van der Waals surface area contributed by atoms with Crippen molar-refractivity contribution in [2.45, 2.75) is 22.1 Å². The molecule has 1 aliphatic rings. The van der Waals surface area contributed by atoms with Crippen LogP contribution in [0.4, 0.5) is 5.95 Å². The Labute approximate surface area is 184 Å². The molecule has 6 nitrogen and oxygen atoms in total. The summed E-state index contributed by atoms with van der Waals surface area (Å²) in [6, 6.07) is 14.1. The first-order chi connectivity index (χ1) is 14.7. The molecule has 0 saturated carbocycles. The van der Waals surface area contributed by atoms with Crippen molar-refractivity contribution in [1.82, 2.24) is 14.9 Å². The van der Waals surface area contributed by atoms with E-state index in [0.29, 0.717) is 24.9 Å². The first-order valence-electron chi connectivity index (χ1n) is 9.89. The van der Waals surface area contributed by atoms with Crippen molar-refractivity contribution in [2.24, 2.45) is 0 Å². The lowest BCUT2D eigenvalue weighted by molar-refractivity contribution is -0.107. The standard InChI is InChI=1S/C22H24N4O2S2/c1-25-10-12-26(13-11-25)22-23-15-19(30-20-8-7-18(29-20)9-14-27)21(24-22)28-16-17-5-3-2-4-6-17/h2-8,14-15H,9-13,16H2,1H3. The van der Waals surface area contributed by atoms with Crippen molar-refractivity contribution in [3.8, 4) is 5.88 Å². The van der Waals surface area contributed by atoms with Gasteiger partial charge in [-0.1, -0.05) is 42.1 Å². The Bertz CT molecular complexity index is 972. The molecule has 4 rings (SSSR count). The summed E-state index contributed by atoms with van der Waals surface area (Å²) in [4.78, 5) is 26.6. The number of anilines is 1. The van der Waals surface area contributed by atoms with Crippen LogP contribution in [0.25, 0.3) is 0 Å². The predicted octanol–water partition coefficient (Wildman–Crippen LogP) is 3.76.